The molecule has 2 aromatic rings. The fourth-order valence-electron chi connectivity index (χ4n) is 2.41. The Balaban J connectivity index is 1.84. The van der Waals surface area contributed by atoms with E-state index in [0.717, 1.165) is 23.3 Å². The fraction of sp³-hybridized carbons (Fsp3) is 0.316. The molecule has 5 nitrogen and oxygen atoms in total. The van der Waals surface area contributed by atoms with Gasteiger partial charge >= 0.3 is 0 Å². The van der Waals surface area contributed by atoms with Crippen molar-refractivity contribution < 1.29 is 19.0 Å². The molecule has 0 aliphatic rings. The number of ether oxygens (including phenoxy) is 3. The summed E-state index contributed by atoms with van der Waals surface area (Å²) in [4.78, 5) is 12.0. The molecule has 1 N–H and O–H groups in total. The third-order valence-corrected chi connectivity index (χ3v) is 3.68. The Hall–Kier alpha value is -2.69. The summed E-state index contributed by atoms with van der Waals surface area (Å²) in [6, 6.07) is 13.3. The van der Waals surface area contributed by atoms with Crippen molar-refractivity contribution in [2.75, 3.05) is 27.9 Å². The molecule has 2 rings (SSSR count). The molecule has 0 unspecified atom stereocenters. The Labute approximate surface area is 142 Å². The standard InChI is InChI=1S/C19H23NO4/c1-22-16-6-4-5-15(11-16)13-19(21)20-10-9-14-7-8-17(23-2)18(12-14)24-3/h4-8,11-12H,9-10,13H2,1-3H3,(H,20,21). The zero-order valence-electron chi connectivity index (χ0n) is 14.3. The molecule has 0 heterocycles. The van der Waals surface area contributed by atoms with E-state index in [9.17, 15) is 4.79 Å². The van der Waals surface area contributed by atoms with Crippen LogP contribution in [0.15, 0.2) is 42.5 Å². The lowest BCUT2D eigenvalue weighted by atomic mass is 10.1. The fourth-order valence-corrected chi connectivity index (χ4v) is 2.41. The minimum absolute atomic E-state index is 0.0104. The summed E-state index contributed by atoms with van der Waals surface area (Å²) in [5.41, 5.74) is 2.01. The van der Waals surface area contributed by atoms with Gasteiger partial charge in [0, 0.05) is 6.54 Å². The molecule has 0 atom stereocenters. The highest BCUT2D eigenvalue weighted by Crippen LogP contribution is 2.27. The lowest BCUT2D eigenvalue weighted by Gasteiger charge is -2.10. The highest BCUT2D eigenvalue weighted by molar-refractivity contribution is 5.78. The molecular weight excluding hydrogens is 306 g/mol. The number of hydrogen-bond acceptors (Lipinski definition) is 4. The lowest BCUT2D eigenvalue weighted by Crippen LogP contribution is -2.27. The van der Waals surface area contributed by atoms with E-state index in [-0.39, 0.29) is 5.91 Å². The topological polar surface area (TPSA) is 56.8 Å². The summed E-state index contributed by atoms with van der Waals surface area (Å²) in [7, 11) is 4.83. The molecular formula is C19H23NO4. The zero-order valence-corrected chi connectivity index (χ0v) is 14.3. The van der Waals surface area contributed by atoms with Crippen LogP contribution in [0.3, 0.4) is 0 Å². The van der Waals surface area contributed by atoms with Crippen molar-refractivity contribution in [1.29, 1.82) is 0 Å². The first-order chi connectivity index (χ1) is 11.7. The number of hydrogen-bond donors (Lipinski definition) is 1. The van der Waals surface area contributed by atoms with E-state index in [1.165, 1.54) is 0 Å². The lowest BCUT2D eigenvalue weighted by molar-refractivity contribution is -0.120. The monoisotopic (exact) mass is 329 g/mol. The van der Waals surface area contributed by atoms with Crippen LogP contribution in [0.2, 0.25) is 0 Å². The molecule has 2 aromatic carbocycles. The maximum atomic E-state index is 12.0. The van der Waals surface area contributed by atoms with Crippen molar-refractivity contribution in [3.63, 3.8) is 0 Å². The third kappa shape index (κ3) is 4.91. The third-order valence-electron chi connectivity index (χ3n) is 3.68. The highest BCUT2D eigenvalue weighted by Gasteiger charge is 2.06. The Bertz CT molecular complexity index is 685. The van der Waals surface area contributed by atoms with Crippen LogP contribution < -0.4 is 19.5 Å². The Morgan fingerprint density at radius 2 is 1.71 bits per heavy atom. The van der Waals surface area contributed by atoms with E-state index in [0.29, 0.717) is 24.5 Å². The van der Waals surface area contributed by atoms with Crippen LogP contribution in [0, 0.1) is 0 Å². The molecule has 0 aliphatic heterocycles. The number of methoxy groups -OCH3 is 3. The van der Waals surface area contributed by atoms with Gasteiger partial charge in [-0.15, -0.1) is 0 Å². The largest absolute Gasteiger partial charge is 0.497 e. The second kappa shape index (κ2) is 8.82. The van der Waals surface area contributed by atoms with Gasteiger partial charge in [-0.2, -0.15) is 0 Å². The molecule has 0 saturated carbocycles. The minimum atomic E-state index is -0.0104. The average Bonchev–Trinajstić information content (AvgIpc) is 2.61. The number of rotatable bonds is 8. The Morgan fingerprint density at radius 1 is 0.917 bits per heavy atom. The van der Waals surface area contributed by atoms with E-state index in [1.807, 2.05) is 42.5 Å². The van der Waals surface area contributed by atoms with Gasteiger partial charge in [0.1, 0.15) is 5.75 Å². The number of carbonyl (C=O) groups excluding carboxylic acids is 1. The molecule has 0 aliphatic carbocycles. The van der Waals surface area contributed by atoms with Crippen LogP contribution >= 0.6 is 0 Å². The van der Waals surface area contributed by atoms with Crippen LogP contribution in [-0.2, 0) is 17.6 Å². The molecule has 0 bridgehead atoms. The summed E-state index contributed by atoms with van der Waals surface area (Å²) < 4.78 is 15.7. The first-order valence-corrected chi connectivity index (χ1v) is 7.76. The maximum Gasteiger partial charge on any atom is 0.224 e. The first kappa shape index (κ1) is 17.7. The van der Waals surface area contributed by atoms with Crippen LogP contribution in [0.1, 0.15) is 11.1 Å². The molecule has 128 valence electrons. The smallest absolute Gasteiger partial charge is 0.224 e. The van der Waals surface area contributed by atoms with Gasteiger partial charge in [0.05, 0.1) is 27.8 Å². The van der Waals surface area contributed by atoms with Crippen molar-refractivity contribution in [2.24, 2.45) is 0 Å². The predicted octanol–water partition coefficient (Wildman–Crippen LogP) is 2.61. The van der Waals surface area contributed by atoms with Crippen LogP contribution in [0.5, 0.6) is 17.2 Å². The average molecular weight is 329 g/mol. The summed E-state index contributed by atoms with van der Waals surface area (Å²) in [6.45, 7) is 0.568. The van der Waals surface area contributed by atoms with Crippen LogP contribution in [0.25, 0.3) is 0 Å². The van der Waals surface area contributed by atoms with Gasteiger partial charge in [0.25, 0.3) is 0 Å². The number of carbonyl (C=O) groups is 1. The van der Waals surface area contributed by atoms with Crippen molar-refractivity contribution in [1.82, 2.24) is 5.32 Å². The van der Waals surface area contributed by atoms with Gasteiger partial charge in [-0.05, 0) is 41.8 Å². The van der Waals surface area contributed by atoms with Crippen LogP contribution in [-0.4, -0.2) is 33.8 Å². The molecule has 0 aromatic heterocycles. The van der Waals surface area contributed by atoms with Gasteiger partial charge in [-0.1, -0.05) is 18.2 Å². The van der Waals surface area contributed by atoms with Crippen molar-refractivity contribution in [2.45, 2.75) is 12.8 Å². The second-order valence-corrected chi connectivity index (χ2v) is 5.32. The number of nitrogens with one attached hydrogen (secondary N) is 1. The first-order valence-electron chi connectivity index (χ1n) is 7.76. The molecule has 0 spiro atoms. The van der Waals surface area contributed by atoms with Crippen molar-refractivity contribution in [3.8, 4) is 17.2 Å². The van der Waals surface area contributed by atoms with Gasteiger partial charge < -0.3 is 19.5 Å². The SMILES string of the molecule is COc1cccc(CC(=O)NCCc2ccc(OC)c(OC)c2)c1. The molecule has 5 heteroatoms. The molecule has 1 amide bonds. The van der Waals surface area contributed by atoms with Gasteiger partial charge in [-0.25, -0.2) is 0 Å². The van der Waals surface area contributed by atoms with E-state index >= 15 is 0 Å². The predicted molar refractivity (Wildman–Crippen MR) is 93.0 cm³/mol. The van der Waals surface area contributed by atoms with E-state index in [4.69, 9.17) is 14.2 Å². The van der Waals surface area contributed by atoms with Gasteiger partial charge in [0.2, 0.25) is 5.91 Å². The number of amides is 1. The summed E-state index contributed by atoms with van der Waals surface area (Å²) in [6.07, 6.45) is 1.06. The van der Waals surface area contributed by atoms with E-state index in [1.54, 1.807) is 21.3 Å². The van der Waals surface area contributed by atoms with Gasteiger partial charge in [0.15, 0.2) is 11.5 Å². The quantitative estimate of drug-likeness (QED) is 0.809. The normalized spacial score (nSPS) is 10.1. The number of benzene rings is 2. The van der Waals surface area contributed by atoms with Crippen molar-refractivity contribution in [3.05, 3.63) is 53.6 Å². The van der Waals surface area contributed by atoms with Gasteiger partial charge in [-0.3, -0.25) is 4.79 Å². The van der Waals surface area contributed by atoms with Crippen molar-refractivity contribution >= 4 is 5.91 Å². The Kier molecular flexibility index (Phi) is 6.49. The summed E-state index contributed by atoms with van der Waals surface area (Å²) in [5.74, 6) is 2.13. The minimum Gasteiger partial charge on any atom is -0.497 e. The highest BCUT2D eigenvalue weighted by atomic mass is 16.5. The summed E-state index contributed by atoms with van der Waals surface area (Å²) in [5, 5.41) is 2.93. The summed E-state index contributed by atoms with van der Waals surface area (Å²) >= 11 is 0. The molecule has 24 heavy (non-hydrogen) atoms. The second-order valence-electron chi connectivity index (χ2n) is 5.32. The Morgan fingerprint density at radius 3 is 2.42 bits per heavy atom. The van der Waals surface area contributed by atoms with E-state index < -0.39 is 0 Å². The molecule has 0 fully saturated rings. The molecule has 0 radical (unpaired) electrons. The maximum absolute atomic E-state index is 12.0. The molecule has 0 saturated heterocycles. The zero-order chi connectivity index (χ0) is 17.4. The van der Waals surface area contributed by atoms with E-state index in [2.05, 4.69) is 5.32 Å². The van der Waals surface area contributed by atoms with Crippen LogP contribution in [0.4, 0.5) is 0 Å².